The molecule has 34 heavy (non-hydrogen) atoms. The van der Waals surface area contributed by atoms with Gasteiger partial charge in [0, 0.05) is 19.1 Å². The van der Waals surface area contributed by atoms with Gasteiger partial charge < -0.3 is 29.2 Å². The van der Waals surface area contributed by atoms with Crippen LogP contribution in [0.15, 0.2) is 49.6 Å². The van der Waals surface area contributed by atoms with Crippen LogP contribution in [0.3, 0.4) is 0 Å². The topological polar surface area (TPSA) is 90.9 Å². The molecule has 0 saturated carbocycles. The third-order valence-corrected chi connectivity index (χ3v) is 5.81. The van der Waals surface area contributed by atoms with Gasteiger partial charge in [0.15, 0.2) is 5.11 Å². The van der Waals surface area contributed by atoms with E-state index in [2.05, 4.69) is 62.6 Å². The normalized spacial score (nSPS) is 17.5. The lowest BCUT2D eigenvalue weighted by Crippen LogP contribution is -2.53. The summed E-state index contributed by atoms with van der Waals surface area (Å²) in [6.07, 6.45) is 4.97. The largest absolute Gasteiger partial charge is 0.460 e. The molecule has 0 spiro atoms. The number of nitrogens with one attached hydrogen (secondary N) is 1. The van der Waals surface area contributed by atoms with E-state index >= 15 is 0 Å². The van der Waals surface area contributed by atoms with Crippen LogP contribution in [0.25, 0.3) is 0 Å². The van der Waals surface area contributed by atoms with Gasteiger partial charge in [-0.1, -0.05) is 49.6 Å². The summed E-state index contributed by atoms with van der Waals surface area (Å²) in [4.78, 5) is 14.6. The molecule has 0 amide bonds. The van der Waals surface area contributed by atoms with Crippen LogP contribution in [0.2, 0.25) is 0 Å². The molecule has 10 heteroatoms. The fourth-order valence-corrected chi connectivity index (χ4v) is 4.21. The molecule has 4 rings (SSSR count). The van der Waals surface area contributed by atoms with Crippen molar-refractivity contribution < 1.29 is 18.9 Å². The fourth-order valence-electron chi connectivity index (χ4n) is 3.88. The van der Waals surface area contributed by atoms with Gasteiger partial charge in [0.1, 0.15) is 25.9 Å². The molecule has 180 valence electrons. The number of thiocarbonyl (C=S) groups is 1. The maximum atomic E-state index is 5.88. The number of ether oxygens (including phenoxy) is 4. The van der Waals surface area contributed by atoms with Gasteiger partial charge in [-0.3, -0.25) is 0 Å². The molecule has 2 aliphatic rings. The highest BCUT2D eigenvalue weighted by molar-refractivity contribution is 7.80. The van der Waals surface area contributed by atoms with Gasteiger partial charge in [-0.05, 0) is 36.2 Å². The molecule has 2 heterocycles. The molecule has 1 aliphatic carbocycles. The summed E-state index contributed by atoms with van der Waals surface area (Å²) in [5, 5.41) is 4.26. The van der Waals surface area contributed by atoms with Crippen LogP contribution in [0, 0.1) is 0 Å². The molecular formula is C24H29N5O4S. The van der Waals surface area contributed by atoms with Crippen molar-refractivity contribution in [2.45, 2.75) is 25.0 Å². The highest BCUT2D eigenvalue weighted by Gasteiger charge is 2.27. The van der Waals surface area contributed by atoms with E-state index in [0.29, 0.717) is 19.2 Å². The summed E-state index contributed by atoms with van der Waals surface area (Å²) in [5.74, 6) is 0. The molecule has 0 radical (unpaired) electrons. The van der Waals surface area contributed by atoms with E-state index in [4.69, 9.17) is 31.2 Å². The molecule has 1 N–H and O–H groups in total. The second kappa shape index (κ2) is 11.8. The highest BCUT2D eigenvalue weighted by atomic mass is 32.1. The van der Waals surface area contributed by atoms with Gasteiger partial charge >= 0.3 is 18.0 Å². The number of hydrogen-bond donors (Lipinski definition) is 1. The SMILES string of the molecule is C=CCOc1nc(OCC=C)nc(OCC2CN(C(=S)NC3Cc4ccccc4C3)CCO2)n1. The Morgan fingerprint density at radius 2 is 1.62 bits per heavy atom. The van der Waals surface area contributed by atoms with Crippen LogP contribution in [-0.4, -0.2) is 76.6 Å². The predicted molar refractivity (Wildman–Crippen MR) is 131 cm³/mol. The Kier molecular flexibility index (Phi) is 8.26. The average molecular weight is 484 g/mol. The zero-order valence-corrected chi connectivity index (χ0v) is 19.8. The number of nitrogens with zero attached hydrogens (tertiary/aromatic N) is 4. The maximum Gasteiger partial charge on any atom is 0.326 e. The van der Waals surface area contributed by atoms with Crippen molar-refractivity contribution >= 4 is 17.3 Å². The van der Waals surface area contributed by atoms with E-state index in [-0.39, 0.29) is 44.0 Å². The Balaban J connectivity index is 1.30. The van der Waals surface area contributed by atoms with Crippen LogP contribution in [0.5, 0.6) is 18.0 Å². The third kappa shape index (κ3) is 6.42. The van der Waals surface area contributed by atoms with Gasteiger partial charge in [-0.25, -0.2) is 0 Å². The first-order chi connectivity index (χ1) is 16.6. The Bertz CT molecular complexity index is 965. The highest BCUT2D eigenvalue weighted by Crippen LogP contribution is 2.22. The van der Waals surface area contributed by atoms with E-state index in [1.54, 1.807) is 12.2 Å². The van der Waals surface area contributed by atoms with Crippen LogP contribution in [0.4, 0.5) is 0 Å². The zero-order chi connectivity index (χ0) is 23.8. The first-order valence-electron chi connectivity index (χ1n) is 11.2. The van der Waals surface area contributed by atoms with Crippen molar-refractivity contribution in [1.82, 2.24) is 25.2 Å². The summed E-state index contributed by atoms with van der Waals surface area (Å²) in [5.41, 5.74) is 2.78. The molecule has 9 nitrogen and oxygen atoms in total. The minimum absolute atomic E-state index is 0.0955. The Labute approximate surface area is 204 Å². The zero-order valence-electron chi connectivity index (χ0n) is 19.0. The fraction of sp³-hybridized carbons (Fsp3) is 0.417. The Morgan fingerprint density at radius 3 is 2.21 bits per heavy atom. The van der Waals surface area contributed by atoms with E-state index < -0.39 is 0 Å². The first kappa shape index (κ1) is 23.9. The number of morpholine rings is 1. The Morgan fingerprint density at radius 1 is 1.03 bits per heavy atom. The van der Waals surface area contributed by atoms with Crippen molar-refractivity contribution in [3.8, 4) is 18.0 Å². The van der Waals surface area contributed by atoms with Crippen molar-refractivity contribution in [3.63, 3.8) is 0 Å². The second-order valence-electron chi connectivity index (χ2n) is 7.96. The number of rotatable bonds is 10. The van der Waals surface area contributed by atoms with Gasteiger partial charge in [0.2, 0.25) is 0 Å². The minimum atomic E-state index is -0.193. The lowest BCUT2D eigenvalue weighted by molar-refractivity contribution is -0.0307. The van der Waals surface area contributed by atoms with E-state index in [9.17, 15) is 0 Å². The van der Waals surface area contributed by atoms with E-state index in [1.807, 2.05) is 0 Å². The number of aromatic nitrogens is 3. The monoisotopic (exact) mass is 483 g/mol. The minimum Gasteiger partial charge on any atom is -0.460 e. The molecule has 2 aromatic rings. The molecule has 1 unspecified atom stereocenters. The number of benzene rings is 1. The number of hydrogen-bond acceptors (Lipinski definition) is 8. The Hall–Kier alpha value is -3.24. The van der Waals surface area contributed by atoms with Crippen molar-refractivity contribution in [3.05, 3.63) is 60.7 Å². The van der Waals surface area contributed by atoms with Gasteiger partial charge in [0.25, 0.3) is 0 Å². The lowest BCUT2D eigenvalue weighted by Gasteiger charge is -2.35. The molecule has 0 bridgehead atoms. The maximum absolute atomic E-state index is 5.88. The van der Waals surface area contributed by atoms with Crippen LogP contribution >= 0.6 is 12.2 Å². The van der Waals surface area contributed by atoms with Crippen LogP contribution in [-0.2, 0) is 17.6 Å². The molecule has 1 aromatic heterocycles. The standard InChI is InChI=1S/C24H29N5O4S/c1-3-10-31-21-26-22(32-11-4-2)28-23(27-21)33-16-20-15-29(9-12-30-20)24(34)25-19-13-17-7-5-6-8-18(17)14-19/h3-8,19-20H,1-2,9-16H2,(H,25,34). The summed E-state index contributed by atoms with van der Waals surface area (Å²) in [6.45, 7) is 9.89. The van der Waals surface area contributed by atoms with Crippen molar-refractivity contribution in [2.24, 2.45) is 0 Å². The second-order valence-corrected chi connectivity index (χ2v) is 8.34. The van der Waals surface area contributed by atoms with Crippen molar-refractivity contribution in [2.75, 3.05) is 39.5 Å². The quantitative estimate of drug-likeness (QED) is 0.400. The number of fused-ring (bicyclic) bond motifs is 1. The van der Waals surface area contributed by atoms with E-state index in [0.717, 1.165) is 24.5 Å². The molecule has 1 atom stereocenters. The van der Waals surface area contributed by atoms with Gasteiger partial charge in [0.05, 0.1) is 6.61 Å². The average Bonchev–Trinajstić information content (AvgIpc) is 3.27. The van der Waals surface area contributed by atoms with Crippen LogP contribution in [0.1, 0.15) is 11.1 Å². The molecular weight excluding hydrogens is 454 g/mol. The first-order valence-corrected chi connectivity index (χ1v) is 11.7. The third-order valence-electron chi connectivity index (χ3n) is 5.44. The predicted octanol–water partition coefficient (Wildman–Crippen LogP) is 2.12. The molecule has 1 aliphatic heterocycles. The summed E-state index contributed by atoms with van der Waals surface area (Å²) < 4.78 is 22.5. The summed E-state index contributed by atoms with van der Waals surface area (Å²) in [7, 11) is 0. The van der Waals surface area contributed by atoms with Crippen LogP contribution < -0.4 is 19.5 Å². The smallest absolute Gasteiger partial charge is 0.326 e. The van der Waals surface area contributed by atoms with E-state index in [1.165, 1.54) is 11.1 Å². The van der Waals surface area contributed by atoms with Gasteiger partial charge in [-0.2, -0.15) is 0 Å². The molecule has 1 fully saturated rings. The summed E-state index contributed by atoms with van der Waals surface area (Å²) >= 11 is 5.70. The lowest BCUT2D eigenvalue weighted by atomic mass is 10.1. The van der Waals surface area contributed by atoms with Gasteiger partial charge in [-0.15, -0.1) is 15.0 Å². The molecule has 1 saturated heterocycles. The van der Waals surface area contributed by atoms with Crippen molar-refractivity contribution in [1.29, 1.82) is 0 Å². The summed E-state index contributed by atoms with van der Waals surface area (Å²) in [6, 6.07) is 9.14. The molecule has 1 aromatic carbocycles.